The molecule has 3 heteroatoms. The van der Waals surface area contributed by atoms with E-state index in [0.717, 1.165) is 12.1 Å². The van der Waals surface area contributed by atoms with E-state index in [1.807, 2.05) is 6.92 Å². The van der Waals surface area contributed by atoms with Gasteiger partial charge in [-0.1, -0.05) is 12.1 Å². The van der Waals surface area contributed by atoms with Crippen LogP contribution in [0.2, 0.25) is 0 Å². The molecule has 21 heavy (non-hydrogen) atoms. The third-order valence-electron chi connectivity index (χ3n) is 3.96. The second kappa shape index (κ2) is 6.35. The summed E-state index contributed by atoms with van der Waals surface area (Å²) in [7, 11) is 0. The average Bonchev–Trinajstić information content (AvgIpc) is 2.43. The van der Waals surface area contributed by atoms with Crippen molar-refractivity contribution >= 4 is 0 Å². The number of hydrogen-bond donors (Lipinski definition) is 1. The Morgan fingerprint density at radius 1 is 0.952 bits per heavy atom. The lowest BCUT2D eigenvalue weighted by Gasteiger charge is -2.18. The van der Waals surface area contributed by atoms with Gasteiger partial charge in [-0.2, -0.15) is 0 Å². The van der Waals surface area contributed by atoms with Gasteiger partial charge in [-0.05, 0) is 68.1 Å². The Labute approximate surface area is 125 Å². The third-order valence-corrected chi connectivity index (χ3v) is 3.96. The van der Waals surface area contributed by atoms with Crippen molar-refractivity contribution in [1.82, 2.24) is 5.32 Å². The highest BCUT2D eigenvalue weighted by molar-refractivity contribution is 5.38. The van der Waals surface area contributed by atoms with E-state index in [2.05, 4.69) is 38.2 Å². The summed E-state index contributed by atoms with van der Waals surface area (Å²) >= 11 is 0. The van der Waals surface area contributed by atoms with Gasteiger partial charge in [-0.25, -0.2) is 8.78 Å². The first kappa shape index (κ1) is 15.6. The Hall–Kier alpha value is -1.74. The lowest BCUT2D eigenvalue weighted by Crippen LogP contribution is -2.20. The Balaban J connectivity index is 2.13. The zero-order valence-corrected chi connectivity index (χ0v) is 12.9. The maximum atomic E-state index is 13.6. The Kier molecular flexibility index (Phi) is 4.73. The minimum Gasteiger partial charge on any atom is -0.306 e. The molecule has 0 heterocycles. The molecule has 0 spiro atoms. The fraction of sp³-hybridized carbons (Fsp3) is 0.333. The van der Waals surface area contributed by atoms with Crippen molar-refractivity contribution in [2.45, 2.75) is 40.3 Å². The van der Waals surface area contributed by atoms with E-state index >= 15 is 0 Å². The van der Waals surface area contributed by atoms with Gasteiger partial charge in [0.1, 0.15) is 11.6 Å². The second-order valence-electron chi connectivity index (χ2n) is 5.63. The summed E-state index contributed by atoms with van der Waals surface area (Å²) in [6.45, 7) is 8.58. The first-order valence-corrected chi connectivity index (χ1v) is 7.13. The maximum Gasteiger partial charge on any atom is 0.127 e. The highest BCUT2D eigenvalue weighted by Crippen LogP contribution is 2.22. The van der Waals surface area contributed by atoms with E-state index in [0.29, 0.717) is 12.1 Å². The largest absolute Gasteiger partial charge is 0.306 e. The van der Waals surface area contributed by atoms with Crippen molar-refractivity contribution < 1.29 is 8.78 Å². The SMILES string of the molecule is Cc1cc(C)c(C(C)NCc2cc(F)ccc2F)cc1C. The van der Waals surface area contributed by atoms with Gasteiger partial charge < -0.3 is 5.32 Å². The second-order valence-corrected chi connectivity index (χ2v) is 5.63. The summed E-state index contributed by atoms with van der Waals surface area (Å²) in [6, 6.07) is 7.93. The van der Waals surface area contributed by atoms with Gasteiger partial charge in [0.2, 0.25) is 0 Å². The molecule has 1 unspecified atom stereocenters. The van der Waals surface area contributed by atoms with Crippen LogP contribution >= 0.6 is 0 Å². The first-order chi connectivity index (χ1) is 9.88. The van der Waals surface area contributed by atoms with Crippen LogP contribution in [0.25, 0.3) is 0 Å². The normalized spacial score (nSPS) is 12.5. The molecule has 112 valence electrons. The van der Waals surface area contributed by atoms with Crippen LogP contribution in [0.15, 0.2) is 30.3 Å². The van der Waals surface area contributed by atoms with E-state index in [1.165, 1.54) is 28.3 Å². The quantitative estimate of drug-likeness (QED) is 0.857. The molecule has 2 aromatic rings. The molecule has 0 aliphatic rings. The number of rotatable bonds is 4. The molecule has 0 bridgehead atoms. The van der Waals surface area contributed by atoms with Crippen molar-refractivity contribution in [2.24, 2.45) is 0 Å². The van der Waals surface area contributed by atoms with Crippen molar-refractivity contribution in [3.8, 4) is 0 Å². The number of halogens is 2. The van der Waals surface area contributed by atoms with Crippen LogP contribution in [0, 0.1) is 32.4 Å². The number of benzene rings is 2. The van der Waals surface area contributed by atoms with Gasteiger partial charge in [0, 0.05) is 18.2 Å². The monoisotopic (exact) mass is 289 g/mol. The zero-order chi connectivity index (χ0) is 15.6. The van der Waals surface area contributed by atoms with Crippen LogP contribution in [0.1, 0.15) is 40.8 Å². The Morgan fingerprint density at radius 2 is 1.62 bits per heavy atom. The van der Waals surface area contributed by atoms with Gasteiger partial charge in [0.05, 0.1) is 0 Å². The van der Waals surface area contributed by atoms with Gasteiger partial charge in [0.15, 0.2) is 0 Å². The lowest BCUT2D eigenvalue weighted by molar-refractivity contribution is 0.534. The highest BCUT2D eigenvalue weighted by atomic mass is 19.1. The fourth-order valence-electron chi connectivity index (χ4n) is 2.50. The average molecular weight is 289 g/mol. The van der Waals surface area contributed by atoms with Crippen LogP contribution in [0.5, 0.6) is 0 Å². The minimum atomic E-state index is -0.414. The summed E-state index contributed by atoms with van der Waals surface area (Å²) < 4.78 is 26.8. The van der Waals surface area contributed by atoms with Crippen LogP contribution in [-0.2, 0) is 6.54 Å². The first-order valence-electron chi connectivity index (χ1n) is 7.13. The molecular weight excluding hydrogens is 268 g/mol. The predicted octanol–water partition coefficient (Wildman–Crippen LogP) is 4.74. The summed E-state index contributed by atoms with van der Waals surface area (Å²) in [5.41, 5.74) is 5.25. The lowest BCUT2D eigenvalue weighted by atomic mass is 9.96. The van der Waals surface area contributed by atoms with E-state index in [4.69, 9.17) is 0 Å². The molecule has 2 aromatic carbocycles. The molecule has 0 fully saturated rings. The van der Waals surface area contributed by atoms with Crippen LogP contribution in [-0.4, -0.2) is 0 Å². The molecular formula is C18H21F2N. The van der Waals surface area contributed by atoms with Crippen molar-refractivity contribution in [3.63, 3.8) is 0 Å². The van der Waals surface area contributed by atoms with Crippen molar-refractivity contribution in [3.05, 3.63) is 69.8 Å². The number of nitrogens with one attached hydrogen (secondary N) is 1. The predicted molar refractivity (Wildman–Crippen MR) is 82.3 cm³/mol. The Bertz CT molecular complexity index is 650. The molecule has 1 N–H and O–H groups in total. The summed E-state index contributed by atoms with van der Waals surface area (Å²) in [5, 5.41) is 3.26. The smallest absolute Gasteiger partial charge is 0.127 e. The molecule has 0 aromatic heterocycles. The van der Waals surface area contributed by atoms with Gasteiger partial charge >= 0.3 is 0 Å². The molecule has 2 rings (SSSR count). The molecule has 0 aliphatic heterocycles. The highest BCUT2D eigenvalue weighted by Gasteiger charge is 2.11. The molecule has 0 saturated carbocycles. The van der Waals surface area contributed by atoms with E-state index in [-0.39, 0.29) is 11.9 Å². The van der Waals surface area contributed by atoms with Gasteiger partial charge in [-0.15, -0.1) is 0 Å². The van der Waals surface area contributed by atoms with Crippen molar-refractivity contribution in [1.29, 1.82) is 0 Å². The topological polar surface area (TPSA) is 12.0 Å². The molecule has 0 saturated heterocycles. The molecule has 0 radical (unpaired) electrons. The molecule has 1 nitrogen and oxygen atoms in total. The molecule has 0 amide bonds. The van der Waals surface area contributed by atoms with Gasteiger partial charge in [0.25, 0.3) is 0 Å². The summed E-state index contributed by atoms with van der Waals surface area (Å²) in [5.74, 6) is -0.795. The molecule has 0 aliphatic carbocycles. The minimum absolute atomic E-state index is 0.0759. The zero-order valence-electron chi connectivity index (χ0n) is 12.9. The van der Waals surface area contributed by atoms with E-state index in [1.54, 1.807) is 0 Å². The van der Waals surface area contributed by atoms with Crippen LogP contribution < -0.4 is 5.32 Å². The van der Waals surface area contributed by atoms with Crippen LogP contribution in [0.4, 0.5) is 8.78 Å². The number of aryl methyl sites for hydroxylation is 3. The fourth-order valence-corrected chi connectivity index (χ4v) is 2.50. The van der Waals surface area contributed by atoms with Crippen LogP contribution in [0.3, 0.4) is 0 Å². The maximum absolute atomic E-state index is 13.6. The Morgan fingerprint density at radius 3 is 2.33 bits per heavy atom. The third kappa shape index (κ3) is 3.67. The number of hydrogen-bond acceptors (Lipinski definition) is 1. The van der Waals surface area contributed by atoms with Gasteiger partial charge in [-0.3, -0.25) is 0 Å². The van der Waals surface area contributed by atoms with E-state index in [9.17, 15) is 8.78 Å². The standard InChI is InChI=1S/C18H21F2N/c1-11-7-13(3)17(8-12(11)2)14(4)21-10-15-9-16(19)5-6-18(15)20/h5-9,14,21H,10H2,1-4H3. The molecule has 1 atom stereocenters. The van der Waals surface area contributed by atoms with E-state index < -0.39 is 5.82 Å². The summed E-state index contributed by atoms with van der Waals surface area (Å²) in [6.07, 6.45) is 0. The van der Waals surface area contributed by atoms with Crippen molar-refractivity contribution in [2.75, 3.05) is 0 Å². The summed E-state index contributed by atoms with van der Waals surface area (Å²) in [4.78, 5) is 0.